The fraction of sp³-hybridized carbons (Fsp3) is 0.250. The number of unbranched alkanes of at least 4 members (excludes halogenated alkanes) is 4. The van der Waals surface area contributed by atoms with Gasteiger partial charge in [-0.15, -0.1) is 0 Å². The van der Waals surface area contributed by atoms with Crippen LogP contribution in [0.15, 0.2) is 95.8 Å². The minimum absolute atomic E-state index is 0. The average molecular weight is 435 g/mol. The van der Waals surface area contributed by atoms with Crippen LogP contribution < -0.4 is 35.2 Å². The monoisotopic (exact) mass is 434 g/mol. The van der Waals surface area contributed by atoms with E-state index < -0.39 is 0 Å². The summed E-state index contributed by atoms with van der Waals surface area (Å²) in [7, 11) is 0. The summed E-state index contributed by atoms with van der Waals surface area (Å²) >= 11 is 0. The van der Waals surface area contributed by atoms with Gasteiger partial charge in [0.25, 0.3) is 0 Å². The van der Waals surface area contributed by atoms with E-state index in [1.165, 1.54) is 19.3 Å². The third-order valence-electron chi connectivity index (χ3n) is 5.73. The van der Waals surface area contributed by atoms with E-state index in [9.17, 15) is 4.79 Å². The van der Waals surface area contributed by atoms with Crippen LogP contribution in [0.4, 0.5) is 0 Å². The number of imidazole rings is 1. The molecule has 0 amide bonds. The molecule has 32 heavy (non-hydrogen) atoms. The molecule has 4 aromatic rings. The van der Waals surface area contributed by atoms with Gasteiger partial charge in [0.15, 0.2) is 0 Å². The molecule has 1 heterocycles. The van der Waals surface area contributed by atoms with Crippen LogP contribution in [-0.4, -0.2) is 9.13 Å². The molecule has 0 aliphatic rings. The van der Waals surface area contributed by atoms with Gasteiger partial charge in [0.2, 0.25) is 0 Å². The smallest absolute Gasteiger partial charge is 1.00 e. The average Bonchev–Trinajstić information content (AvgIpc) is 3.12. The van der Waals surface area contributed by atoms with Crippen molar-refractivity contribution in [1.82, 2.24) is 9.13 Å². The van der Waals surface area contributed by atoms with Crippen molar-refractivity contribution in [3.05, 3.63) is 101 Å². The molecule has 0 aliphatic carbocycles. The second-order valence-corrected chi connectivity index (χ2v) is 7.95. The Kier molecular flexibility index (Phi) is 9.16. The van der Waals surface area contributed by atoms with Crippen LogP contribution >= 0.6 is 0 Å². The Morgan fingerprint density at radius 2 is 1.16 bits per heavy atom. The third-order valence-corrected chi connectivity index (χ3v) is 5.73. The number of hydrogen-bond acceptors (Lipinski definition) is 1. The zero-order chi connectivity index (χ0) is 21.5. The van der Waals surface area contributed by atoms with Crippen LogP contribution in [0.5, 0.6) is 0 Å². The van der Waals surface area contributed by atoms with Gasteiger partial charge in [0.1, 0.15) is 0 Å². The predicted octanol–water partition coefficient (Wildman–Crippen LogP) is 4.06. The molecule has 0 spiro atoms. The van der Waals surface area contributed by atoms with Crippen molar-refractivity contribution in [2.24, 2.45) is 0 Å². The van der Waals surface area contributed by atoms with E-state index in [-0.39, 0.29) is 36.7 Å². The summed E-state index contributed by atoms with van der Waals surface area (Å²) < 4.78 is 3.86. The van der Waals surface area contributed by atoms with E-state index in [1.807, 2.05) is 75.9 Å². The molecule has 0 aliphatic heterocycles. The van der Waals surface area contributed by atoms with Crippen LogP contribution in [-0.2, 0) is 6.54 Å². The molecular formula is C28H31N2NaO. The van der Waals surface area contributed by atoms with E-state index in [1.54, 1.807) is 0 Å². The molecule has 0 saturated carbocycles. The van der Waals surface area contributed by atoms with Crippen molar-refractivity contribution in [2.75, 3.05) is 0 Å². The van der Waals surface area contributed by atoms with Crippen molar-refractivity contribution < 1.29 is 31.0 Å². The molecule has 0 unspecified atom stereocenters. The summed E-state index contributed by atoms with van der Waals surface area (Å²) in [6, 6.07) is 30.5. The number of nitrogens with zero attached hydrogens (tertiary/aromatic N) is 2. The maximum atomic E-state index is 13.8. The Morgan fingerprint density at radius 1 is 0.656 bits per heavy atom. The number of para-hydroxylation sites is 1. The normalized spacial score (nSPS) is 10.7. The van der Waals surface area contributed by atoms with Gasteiger partial charge in [-0.3, -0.25) is 9.13 Å². The molecule has 160 valence electrons. The third kappa shape index (κ3) is 5.35. The zero-order valence-corrected chi connectivity index (χ0v) is 21.2. The van der Waals surface area contributed by atoms with E-state index in [2.05, 4.69) is 31.2 Å². The molecule has 3 aromatic carbocycles. The summed E-state index contributed by atoms with van der Waals surface area (Å²) in [5.41, 5.74) is 4.99. The SMILES string of the molecule is CCCCCCCn1c(-c2ccccc2)c(-c2ccccc2)n(-c2ccccc2)c1=O.[H-].[Na+]. The minimum Gasteiger partial charge on any atom is -1.00 e. The molecule has 4 heteroatoms. The first-order valence-electron chi connectivity index (χ1n) is 11.3. The van der Waals surface area contributed by atoms with Crippen LogP contribution in [0.3, 0.4) is 0 Å². The van der Waals surface area contributed by atoms with Gasteiger partial charge in [-0.05, 0) is 18.6 Å². The second kappa shape index (κ2) is 12.1. The first-order valence-corrected chi connectivity index (χ1v) is 11.3. The molecule has 0 atom stereocenters. The van der Waals surface area contributed by atoms with Gasteiger partial charge in [0, 0.05) is 17.7 Å². The van der Waals surface area contributed by atoms with Crippen LogP contribution in [0.25, 0.3) is 28.2 Å². The van der Waals surface area contributed by atoms with Gasteiger partial charge in [0.05, 0.1) is 17.1 Å². The van der Waals surface area contributed by atoms with Crippen molar-refractivity contribution in [3.63, 3.8) is 0 Å². The van der Waals surface area contributed by atoms with E-state index in [0.29, 0.717) is 0 Å². The number of rotatable bonds is 9. The number of benzene rings is 3. The van der Waals surface area contributed by atoms with Gasteiger partial charge in [-0.25, -0.2) is 4.79 Å². The van der Waals surface area contributed by atoms with Crippen molar-refractivity contribution in [1.29, 1.82) is 0 Å². The Morgan fingerprint density at radius 3 is 1.72 bits per heavy atom. The molecule has 0 radical (unpaired) electrons. The van der Waals surface area contributed by atoms with Crippen LogP contribution in [0.2, 0.25) is 0 Å². The fourth-order valence-corrected chi connectivity index (χ4v) is 4.19. The predicted molar refractivity (Wildman–Crippen MR) is 131 cm³/mol. The van der Waals surface area contributed by atoms with Crippen molar-refractivity contribution in [3.8, 4) is 28.2 Å². The molecular weight excluding hydrogens is 403 g/mol. The summed E-state index contributed by atoms with van der Waals surface area (Å²) in [6.45, 7) is 2.95. The Bertz CT molecular complexity index is 1160. The first kappa shape index (κ1) is 24.3. The first-order chi connectivity index (χ1) is 15.3. The topological polar surface area (TPSA) is 26.9 Å². The van der Waals surface area contributed by atoms with Crippen LogP contribution in [0.1, 0.15) is 40.5 Å². The van der Waals surface area contributed by atoms with E-state index in [0.717, 1.165) is 47.6 Å². The quantitative estimate of drug-likeness (QED) is 0.288. The van der Waals surface area contributed by atoms with E-state index in [4.69, 9.17) is 0 Å². The second-order valence-electron chi connectivity index (χ2n) is 7.95. The van der Waals surface area contributed by atoms with Gasteiger partial charge in [-0.2, -0.15) is 0 Å². The molecule has 0 fully saturated rings. The van der Waals surface area contributed by atoms with Gasteiger partial charge >= 0.3 is 35.2 Å². The van der Waals surface area contributed by atoms with Crippen LogP contribution in [0, 0.1) is 0 Å². The van der Waals surface area contributed by atoms with Crippen molar-refractivity contribution >= 4 is 0 Å². The number of hydrogen-bond donors (Lipinski definition) is 0. The summed E-state index contributed by atoms with van der Waals surface area (Å²) in [6.07, 6.45) is 5.84. The maximum Gasteiger partial charge on any atom is 1.00 e. The van der Waals surface area contributed by atoms with Crippen molar-refractivity contribution in [2.45, 2.75) is 45.6 Å². The Hall–Kier alpha value is -2.33. The largest absolute Gasteiger partial charge is 1.00 e. The molecule has 0 saturated heterocycles. The van der Waals surface area contributed by atoms with Gasteiger partial charge in [-0.1, -0.05) is 111 Å². The molecule has 3 nitrogen and oxygen atoms in total. The van der Waals surface area contributed by atoms with E-state index >= 15 is 0 Å². The molecule has 4 rings (SSSR count). The molecule has 0 N–H and O–H groups in total. The Labute approximate surface area is 214 Å². The maximum absolute atomic E-state index is 13.8. The molecule has 1 aromatic heterocycles. The summed E-state index contributed by atoms with van der Waals surface area (Å²) in [4.78, 5) is 13.8. The van der Waals surface area contributed by atoms with Gasteiger partial charge < -0.3 is 1.43 Å². The zero-order valence-electron chi connectivity index (χ0n) is 20.2. The standard InChI is InChI=1S/C28H30N2O.Na.H/c1-2-3-4-5-15-22-29-26(23-16-9-6-10-17-23)27(24-18-11-7-12-19-24)30(28(29)31)25-20-13-8-14-21-25;;/h6-14,16-21H,2-5,15,22H2,1H3;;/q;+1;-1. The number of aromatic nitrogens is 2. The molecule has 0 bridgehead atoms. The fourth-order valence-electron chi connectivity index (χ4n) is 4.19. The Balaban J connectivity index is 0.00000193. The summed E-state index contributed by atoms with van der Waals surface area (Å²) in [5, 5.41) is 0. The summed E-state index contributed by atoms with van der Waals surface area (Å²) in [5.74, 6) is 0. The minimum atomic E-state index is 0.